The molecule has 1 aliphatic heterocycles. The van der Waals surface area contributed by atoms with Crippen molar-refractivity contribution in [2.75, 3.05) is 0 Å². The maximum Gasteiger partial charge on any atom is 0.498 e. The van der Waals surface area contributed by atoms with Gasteiger partial charge in [-0.2, -0.15) is 5.10 Å². The Kier molecular flexibility index (Phi) is 2.95. The van der Waals surface area contributed by atoms with Crippen molar-refractivity contribution in [2.45, 2.75) is 38.9 Å². The van der Waals surface area contributed by atoms with Crippen molar-refractivity contribution >= 4 is 12.6 Å². The molecule has 2 aromatic rings. The molecule has 2 aromatic heterocycles. The Labute approximate surface area is 118 Å². The highest BCUT2D eigenvalue weighted by molar-refractivity contribution is 6.63. The third-order valence-corrected chi connectivity index (χ3v) is 4.14. The summed E-state index contributed by atoms with van der Waals surface area (Å²) in [5, 5.41) is 7.15. The normalized spacial score (nSPS) is 20.3. The number of aromatic amines is 1. The first-order chi connectivity index (χ1) is 9.41. The van der Waals surface area contributed by atoms with Crippen molar-refractivity contribution in [1.82, 2.24) is 15.2 Å². The first-order valence-corrected chi connectivity index (χ1v) is 6.70. The van der Waals surface area contributed by atoms with Crippen LogP contribution in [0.3, 0.4) is 0 Å². The molecule has 3 heterocycles. The number of nitrogens with one attached hydrogen (secondary N) is 1. The van der Waals surface area contributed by atoms with Crippen LogP contribution in [0, 0.1) is 0 Å². The Morgan fingerprint density at radius 3 is 2.25 bits per heavy atom. The summed E-state index contributed by atoms with van der Waals surface area (Å²) < 4.78 is 12.1. The van der Waals surface area contributed by atoms with E-state index in [2.05, 4.69) is 15.2 Å². The van der Waals surface area contributed by atoms with Gasteiger partial charge in [0.2, 0.25) is 0 Å². The van der Waals surface area contributed by atoms with Gasteiger partial charge in [-0.1, -0.05) is 0 Å². The minimum Gasteiger partial charge on any atom is -0.399 e. The van der Waals surface area contributed by atoms with Crippen LogP contribution in [0.5, 0.6) is 0 Å². The van der Waals surface area contributed by atoms with E-state index >= 15 is 0 Å². The van der Waals surface area contributed by atoms with Gasteiger partial charge >= 0.3 is 7.12 Å². The van der Waals surface area contributed by atoms with Gasteiger partial charge in [-0.15, -0.1) is 0 Å². The second-order valence-corrected chi connectivity index (χ2v) is 6.02. The lowest BCUT2D eigenvalue weighted by Gasteiger charge is -2.32. The summed E-state index contributed by atoms with van der Waals surface area (Å²) in [4.78, 5) is 4.03. The van der Waals surface area contributed by atoms with Crippen LogP contribution in [0.2, 0.25) is 0 Å². The van der Waals surface area contributed by atoms with Gasteiger partial charge in [-0.25, -0.2) is 0 Å². The average Bonchev–Trinajstić information content (AvgIpc) is 2.94. The van der Waals surface area contributed by atoms with Crippen LogP contribution in [0.15, 0.2) is 30.7 Å². The summed E-state index contributed by atoms with van der Waals surface area (Å²) in [6, 6.07) is 3.87. The predicted octanol–water partition coefficient (Wildman–Crippen LogP) is 1.77. The van der Waals surface area contributed by atoms with Crippen molar-refractivity contribution in [3.63, 3.8) is 0 Å². The molecule has 0 atom stereocenters. The van der Waals surface area contributed by atoms with Crippen molar-refractivity contribution in [3.8, 4) is 11.3 Å². The van der Waals surface area contributed by atoms with E-state index in [1.807, 2.05) is 39.8 Å². The van der Waals surface area contributed by atoms with Crippen LogP contribution >= 0.6 is 0 Å². The molecule has 0 unspecified atom stereocenters. The fourth-order valence-corrected chi connectivity index (χ4v) is 2.19. The van der Waals surface area contributed by atoms with Gasteiger partial charge in [0.15, 0.2) is 0 Å². The second-order valence-electron chi connectivity index (χ2n) is 6.02. The molecule has 5 nitrogen and oxygen atoms in total. The number of pyridine rings is 1. The molecule has 0 saturated carbocycles. The number of hydrogen-bond acceptors (Lipinski definition) is 4. The highest BCUT2D eigenvalue weighted by atomic mass is 16.7. The lowest BCUT2D eigenvalue weighted by Crippen LogP contribution is -2.41. The number of hydrogen-bond donors (Lipinski definition) is 1. The van der Waals surface area contributed by atoms with Gasteiger partial charge in [0.25, 0.3) is 0 Å². The molecule has 0 aromatic carbocycles. The van der Waals surface area contributed by atoms with Crippen LogP contribution in [-0.2, 0) is 9.31 Å². The Morgan fingerprint density at radius 2 is 1.65 bits per heavy atom. The smallest absolute Gasteiger partial charge is 0.399 e. The molecule has 6 heteroatoms. The van der Waals surface area contributed by atoms with Gasteiger partial charge in [-0.05, 0) is 39.8 Å². The van der Waals surface area contributed by atoms with E-state index in [9.17, 15) is 0 Å². The SMILES string of the molecule is CC1(C)OB(c2cn[nH]c2-c2ccncc2)OC1(C)C. The third kappa shape index (κ3) is 2.05. The molecule has 1 N–H and O–H groups in total. The highest BCUT2D eigenvalue weighted by Gasteiger charge is 2.52. The van der Waals surface area contributed by atoms with Crippen LogP contribution in [0.1, 0.15) is 27.7 Å². The predicted molar refractivity (Wildman–Crippen MR) is 77.5 cm³/mol. The second kappa shape index (κ2) is 4.43. The fraction of sp³-hybridized carbons (Fsp3) is 0.429. The molecule has 0 aliphatic carbocycles. The number of aromatic nitrogens is 3. The van der Waals surface area contributed by atoms with Crippen LogP contribution in [0.25, 0.3) is 11.3 Å². The summed E-state index contributed by atoms with van der Waals surface area (Å²) in [5.41, 5.74) is 2.12. The molecule has 0 spiro atoms. The molecule has 104 valence electrons. The molecule has 1 saturated heterocycles. The Hall–Kier alpha value is -1.66. The lowest BCUT2D eigenvalue weighted by molar-refractivity contribution is 0.00578. The van der Waals surface area contributed by atoms with Crippen LogP contribution in [0.4, 0.5) is 0 Å². The zero-order chi connectivity index (χ0) is 14.4. The third-order valence-electron chi connectivity index (χ3n) is 4.14. The molecule has 1 fully saturated rings. The van der Waals surface area contributed by atoms with E-state index in [4.69, 9.17) is 9.31 Å². The van der Waals surface area contributed by atoms with Crippen molar-refractivity contribution < 1.29 is 9.31 Å². The minimum absolute atomic E-state index is 0.357. The number of nitrogens with zero attached hydrogens (tertiary/aromatic N) is 2. The van der Waals surface area contributed by atoms with E-state index in [-0.39, 0.29) is 11.2 Å². The van der Waals surface area contributed by atoms with Crippen LogP contribution < -0.4 is 5.46 Å². The Balaban J connectivity index is 1.96. The minimum atomic E-state index is -0.415. The molecule has 20 heavy (non-hydrogen) atoms. The lowest BCUT2D eigenvalue weighted by atomic mass is 9.78. The summed E-state index contributed by atoms with van der Waals surface area (Å²) in [5.74, 6) is 0. The van der Waals surface area contributed by atoms with E-state index in [0.29, 0.717) is 0 Å². The fourth-order valence-electron chi connectivity index (χ4n) is 2.19. The van der Waals surface area contributed by atoms with E-state index in [0.717, 1.165) is 16.7 Å². The van der Waals surface area contributed by atoms with Gasteiger partial charge in [0.1, 0.15) is 0 Å². The van der Waals surface area contributed by atoms with E-state index < -0.39 is 7.12 Å². The van der Waals surface area contributed by atoms with E-state index in [1.54, 1.807) is 18.6 Å². The van der Waals surface area contributed by atoms with Gasteiger partial charge in [0.05, 0.1) is 16.9 Å². The maximum atomic E-state index is 6.07. The largest absolute Gasteiger partial charge is 0.498 e. The number of H-pyrrole nitrogens is 1. The quantitative estimate of drug-likeness (QED) is 0.846. The Morgan fingerprint density at radius 1 is 1.05 bits per heavy atom. The summed E-state index contributed by atoms with van der Waals surface area (Å²) in [7, 11) is -0.415. The standard InChI is InChI=1S/C14H18BN3O2/c1-13(2)14(3,4)20-15(19-13)11-9-17-18-12(11)10-5-7-16-8-6-10/h5-9H,1-4H3,(H,17,18). The molecule has 0 bridgehead atoms. The summed E-state index contributed by atoms with van der Waals surface area (Å²) in [6.45, 7) is 8.16. The molecular weight excluding hydrogens is 253 g/mol. The van der Waals surface area contributed by atoms with Crippen LogP contribution in [-0.4, -0.2) is 33.5 Å². The molecule has 3 rings (SSSR count). The van der Waals surface area contributed by atoms with Crippen molar-refractivity contribution in [1.29, 1.82) is 0 Å². The maximum absolute atomic E-state index is 6.07. The molecule has 1 aliphatic rings. The summed E-state index contributed by atoms with van der Waals surface area (Å²) >= 11 is 0. The van der Waals surface area contributed by atoms with Gasteiger partial charge in [0, 0.05) is 29.6 Å². The molecule has 0 radical (unpaired) electrons. The molecule has 0 amide bonds. The monoisotopic (exact) mass is 271 g/mol. The van der Waals surface area contributed by atoms with E-state index in [1.165, 1.54) is 0 Å². The Bertz CT molecular complexity index is 594. The molecular formula is C14H18BN3O2. The van der Waals surface area contributed by atoms with Crippen molar-refractivity contribution in [3.05, 3.63) is 30.7 Å². The first kappa shape index (κ1) is 13.3. The summed E-state index contributed by atoms with van der Waals surface area (Å²) in [6.07, 6.45) is 5.27. The zero-order valence-corrected chi connectivity index (χ0v) is 12.2. The van der Waals surface area contributed by atoms with Gasteiger partial charge in [-0.3, -0.25) is 10.1 Å². The van der Waals surface area contributed by atoms with Gasteiger partial charge < -0.3 is 9.31 Å². The topological polar surface area (TPSA) is 60.0 Å². The highest BCUT2D eigenvalue weighted by Crippen LogP contribution is 2.37. The first-order valence-electron chi connectivity index (χ1n) is 6.70. The van der Waals surface area contributed by atoms with Crippen molar-refractivity contribution in [2.24, 2.45) is 0 Å². The average molecular weight is 271 g/mol. The zero-order valence-electron chi connectivity index (χ0n) is 12.2. The number of rotatable bonds is 2.